The molecule has 0 amide bonds. The smallest absolute Gasteiger partial charge is 0.128 e. The van der Waals surface area contributed by atoms with E-state index in [2.05, 4.69) is 21.3 Å². The summed E-state index contributed by atoms with van der Waals surface area (Å²) in [5, 5.41) is 13.0. The van der Waals surface area contributed by atoms with E-state index in [-0.39, 0.29) is 21.1 Å². The van der Waals surface area contributed by atoms with Crippen LogP contribution >= 0.6 is 0 Å². The summed E-state index contributed by atoms with van der Waals surface area (Å²) in [7, 11) is 0. The van der Waals surface area contributed by atoms with Crippen molar-refractivity contribution in [1.82, 2.24) is 4.98 Å². The van der Waals surface area contributed by atoms with Crippen molar-refractivity contribution in [3.05, 3.63) is 29.2 Å². The first-order chi connectivity index (χ1) is 7.40. The molecule has 84 valence electrons. The van der Waals surface area contributed by atoms with Gasteiger partial charge in [0.15, 0.2) is 0 Å². The molecule has 1 aromatic heterocycles. The molecule has 0 bridgehead atoms. The minimum Gasteiger partial charge on any atom is -0.661 e. The van der Waals surface area contributed by atoms with E-state index in [9.17, 15) is 0 Å². The molecule has 1 aliphatic rings. The van der Waals surface area contributed by atoms with Gasteiger partial charge in [-0.3, -0.25) is 0 Å². The largest absolute Gasteiger partial charge is 0.661 e. The zero-order valence-corrected chi connectivity index (χ0v) is 11.9. The summed E-state index contributed by atoms with van der Waals surface area (Å²) in [5.74, 6) is 0.950. The molecule has 1 aromatic rings. The molecular weight excluding hydrogens is 372 g/mol. The molecule has 0 N–H and O–H groups in total. The van der Waals surface area contributed by atoms with Crippen LogP contribution in [-0.2, 0) is 21.1 Å². The van der Waals surface area contributed by atoms with E-state index >= 15 is 0 Å². The molecule has 0 unspecified atom stereocenters. The summed E-state index contributed by atoms with van der Waals surface area (Å²) in [6.45, 7) is 3.76. The van der Waals surface area contributed by atoms with E-state index in [0.717, 1.165) is 38.4 Å². The topological polar surface area (TPSA) is 54.0 Å². The Morgan fingerprint density at radius 3 is 2.88 bits per heavy atom. The number of nitrogens with zero attached hydrogens (tertiary/aromatic N) is 4. The standard InChI is InChI=1S/C11H13N4.W/c12-8-10-2-3-11(14-9-10)15-6-1-4-13-5-7-15;/h2-3,9H,1,4-7H2;/q-1;. The Hall–Kier alpha value is -0.912. The summed E-state index contributed by atoms with van der Waals surface area (Å²) in [4.78, 5) is 6.50. The van der Waals surface area contributed by atoms with Gasteiger partial charge in [0.2, 0.25) is 0 Å². The molecule has 0 saturated carbocycles. The second-order valence-corrected chi connectivity index (χ2v) is 3.53. The molecule has 2 rings (SSSR count). The molecule has 5 heteroatoms. The number of hydrogen-bond acceptors (Lipinski definition) is 3. The molecule has 16 heavy (non-hydrogen) atoms. The van der Waals surface area contributed by atoms with Crippen LogP contribution in [0.5, 0.6) is 0 Å². The first kappa shape index (κ1) is 13.2. The fourth-order valence-electron chi connectivity index (χ4n) is 1.66. The molecule has 2 heterocycles. The van der Waals surface area contributed by atoms with Crippen LogP contribution in [0.2, 0.25) is 0 Å². The van der Waals surface area contributed by atoms with Crippen LogP contribution in [0.4, 0.5) is 5.82 Å². The van der Waals surface area contributed by atoms with E-state index in [1.54, 1.807) is 6.20 Å². The molecule has 0 atom stereocenters. The third-order valence-electron chi connectivity index (χ3n) is 2.47. The zero-order chi connectivity index (χ0) is 10.5. The van der Waals surface area contributed by atoms with Crippen LogP contribution in [0.15, 0.2) is 18.3 Å². The number of nitriles is 1. The first-order valence-electron chi connectivity index (χ1n) is 5.14. The predicted octanol–water partition coefficient (Wildman–Crippen LogP) is 1.53. The van der Waals surface area contributed by atoms with Crippen molar-refractivity contribution < 1.29 is 21.1 Å². The van der Waals surface area contributed by atoms with Crippen LogP contribution in [0.1, 0.15) is 12.0 Å². The Balaban J connectivity index is 0.00000128. The van der Waals surface area contributed by atoms with E-state index in [4.69, 9.17) is 5.26 Å². The molecular formula is C11H13N4W-. The van der Waals surface area contributed by atoms with Crippen molar-refractivity contribution in [1.29, 1.82) is 5.26 Å². The van der Waals surface area contributed by atoms with Crippen molar-refractivity contribution >= 4 is 5.82 Å². The van der Waals surface area contributed by atoms with Crippen LogP contribution in [0.3, 0.4) is 0 Å². The van der Waals surface area contributed by atoms with E-state index in [1.807, 2.05) is 12.1 Å². The fraction of sp³-hybridized carbons (Fsp3) is 0.455. The number of anilines is 1. The van der Waals surface area contributed by atoms with Gasteiger partial charge in [-0.2, -0.15) is 5.26 Å². The molecule has 1 fully saturated rings. The van der Waals surface area contributed by atoms with Crippen molar-refractivity contribution in [3.8, 4) is 6.07 Å². The normalized spacial score (nSPS) is 15.8. The Labute approximate surface area is 110 Å². The van der Waals surface area contributed by atoms with Crippen molar-refractivity contribution in [2.75, 3.05) is 31.1 Å². The van der Waals surface area contributed by atoms with Gasteiger partial charge in [-0.25, -0.2) is 4.98 Å². The summed E-state index contributed by atoms with van der Waals surface area (Å²) in [5.41, 5.74) is 0.609. The average molecular weight is 385 g/mol. The summed E-state index contributed by atoms with van der Waals surface area (Å²) >= 11 is 0. The summed E-state index contributed by atoms with van der Waals surface area (Å²) < 4.78 is 0. The van der Waals surface area contributed by atoms with Gasteiger partial charge in [-0.05, 0) is 12.1 Å². The van der Waals surface area contributed by atoms with Crippen LogP contribution in [-0.4, -0.2) is 31.2 Å². The predicted molar refractivity (Wildman–Crippen MR) is 58.9 cm³/mol. The van der Waals surface area contributed by atoms with Gasteiger partial charge in [0.1, 0.15) is 11.9 Å². The molecule has 1 aliphatic heterocycles. The second-order valence-electron chi connectivity index (χ2n) is 3.53. The van der Waals surface area contributed by atoms with Gasteiger partial charge >= 0.3 is 0 Å². The van der Waals surface area contributed by atoms with Crippen LogP contribution < -0.4 is 4.90 Å². The molecule has 0 aromatic carbocycles. The van der Waals surface area contributed by atoms with E-state index in [1.165, 1.54) is 0 Å². The third kappa shape index (κ3) is 3.30. The first-order valence-corrected chi connectivity index (χ1v) is 5.14. The number of pyridine rings is 1. The maximum Gasteiger partial charge on any atom is 0.128 e. The van der Waals surface area contributed by atoms with Gasteiger partial charge in [0.05, 0.1) is 5.56 Å². The van der Waals surface area contributed by atoms with Crippen molar-refractivity contribution in [3.63, 3.8) is 0 Å². The van der Waals surface area contributed by atoms with E-state index in [0.29, 0.717) is 5.56 Å². The minimum absolute atomic E-state index is 0. The molecule has 4 nitrogen and oxygen atoms in total. The Bertz CT molecular complexity index is 349. The van der Waals surface area contributed by atoms with Gasteiger partial charge in [0, 0.05) is 40.4 Å². The number of hydrogen-bond donors (Lipinski definition) is 0. The van der Waals surface area contributed by atoms with Crippen molar-refractivity contribution in [2.24, 2.45) is 0 Å². The summed E-state index contributed by atoms with van der Waals surface area (Å²) in [6, 6.07) is 5.79. The maximum atomic E-state index is 8.67. The van der Waals surface area contributed by atoms with Crippen molar-refractivity contribution in [2.45, 2.75) is 6.42 Å². The molecule has 0 aliphatic carbocycles. The average Bonchev–Trinajstić information content (AvgIpc) is 2.58. The monoisotopic (exact) mass is 385 g/mol. The summed E-state index contributed by atoms with van der Waals surface area (Å²) in [6.07, 6.45) is 2.71. The molecule has 0 radical (unpaired) electrons. The van der Waals surface area contributed by atoms with E-state index < -0.39 is 0 Å². The number of aromatic nitrogens is 1. The number of rotatable bonds is 1. The van der Waals surface area contributed by atoms with Gasteiger partial charge < -0.3 is 10.2 Å². The maximum absolute atomic E-state index is 8.67. The van der Waals surface area contributed by atoms with Gasteiger partial charge in [0.25, 0.3) is 0 Å². The van der Waals surface area contributed by atoms with Crippen LogP contribution in [0, 0.1) is 11.3 Å². The molecule has 1 saturated heterocycles. The van der Waals surface area contributed by atoms with Crippen LogP contribution in [0.25, 0.3) is 5.32 Å². The zero-order valence-electron chi connectivity index (χ0n) is 8.96. The fourth-order valence-corrected chi connectivity index (χ4v) is 1.66. The third-order valence-corrected chi connectivity index (χ3v) is 2.47. The van der Waals surface area contributed by atoms with Gasteiger partial charge in [-0.1, -0.05) is 6.42 Å². The quantitative estimate of drug-likeness (QED) is 0.737. The Kier molecular flexibility index (Phi) is 5.45. The van der Waals surface area contributed by atoms with Gasteiger partial charge in [-0.15, -0.1) is 13.1 Å². The Morgan fingerprint density at radius 2 is 2.19 bits per heavy atom. The SMILES string of the molecule is N#Cc1ccc(N2CCC[N-]CC2)nc1.[W]. The second kappa shape index (κ2) is 6.62. The minimum atomic E-state index is 0. The molecule has 0 spiro atoms. The Morgan fingerprint density at radius 1 is 1.31 bits per heavy atom.